The van der Waals surface area contributed by atoms with Crippen molar-refractivity contribution in [1.82, 2.24) is 10.2 Å². The summed E-state index contributed by atoms with van der Waals surface area (Å²) in [6.45, 7) is 2.69. The molecular weight excluding hydrogens is 214 g/mol. The van der Waals surface area contributed by atoms with Crippen LogP contribution in [0.3, 0.4) is 0 Å². The van der Waals surface area contributed by atoms with Gasteiger partial charge >= 0.3 is 0 Å². The second-order valence-electron chi connectivity index (χ2n) is 4.07. The van der Waals surface area contributed by atoms with Crippen LogP contribution in [0.15, 0.2) is 40.3 Å². The standard InChI is InChI=1S/C12H17N5/c1-9-14-11(13)16-12(15-9)17(2)8-10-6-4-3-5-7-10/h3-7,9H,8H2,1-2H3,(H3,13,14,15,16). The Labute approximate surface area is 101 Å². The lowest BCUT2D eigenvalue weighted by atomic mass is 10.2. The van der Waals surface area contributed by atoms with E-state index in [1.165, 1.54) is 5.56 Å². The third kappa shape index (κ3) is 2.96. The molecule has 0 saturated carbocycles. The highest BCUT2D eigenvalue weighted by Crippen LogP contribution is 2.05. The van der Waals surface area contributed by atoms with E-state index in [4.69, 9.17) is 5.73 Å². The Morgan fingerprint density at radius 2 is 2.00 bits per heavy atom. The molecule has 0 amide bonds. The van der Waals surface area contributed by atoms with Gasteiger partial charge in [-0.1, -0.05) is 30.3 Å². The van der Waals surface area contributed by atoms with Crippen molar-refractivity contribution in [2.24, 2.45) is 15.7 Å². The lowest BCUT2D eigenvalue weighted by Crippen LogP contribution is -2.48. The van der Waals surface area contributed by atoms with E-state index < -0.39 is 0 Å². The number of rotatable bonds is 2. The van der Waals surface area contributed by atoms with E-state index >= 15 is 0 Å². The summed E-state index contributed by atoms with van der Waals surface area (Å²) >= 11 is 0. The first-order chi connectivity index (χ1) is 8.15. The number of hydrogen-bond donors (Lipinski definition) is 2. The number of hydrogen-bond acceptors (Lipinski definition) is 5. The predicted octanol–water partition coefficient (Wildman–Crippen LogP) is 0.738. The quantitative estimate of drug-likeness (QED) is 0.789. The highest BCUT2D eigenvalue weighted by Gasteiger charge is 2.14. The van der Waals surface area contributed by atoms with Crippen LogP contribution in [-0.4, -0.2) is 30.0 Å². The maximum Gasteiger partial charge on any atom is 0.202 e. The molecule has 0 fully saturated rings. The van der Waals surface area contributed by atoms with E-state index in [1.54, 1.807) is 0 Å². The van der Waals surface area contributed by atoms with Crippen molar-refractivity contribution in [2.75, 3.05) is 7.05 Å². The number of benzene rings is 1. The summed E-state index contributed by atoms with van der Waals surface area (Å²) in [6.07, 6.45) is -0.121. The average Bonchev–Trinajstić information content (AvgIpc) is 2.29. The molecule has 5 nitrogen and oxygen atoms in total. The Morgan fingerprint density at radius 1 is 1.29 bits per heavy atom. The zero-order valence-corrected chi connectivity index (χ0v) is 10.1. The zero-order valence-electron chi connectivity index (χ0n) is 10.1. The molecule has 1 aliphatic heterocycles. The van der Waals surface area contributed by atoms with Crippen LogP contribution in [0.25, 0.3) is 0 Å². The van der Waals surface area contributed by atoms with Gasteiger partial charge in [0.1, 0.15) is 6.17 Å². The van der Waals surface area contributed by atoms with Gasteiger partial charge in [0.2, 0.25) is 5.96 Å². The van der Waals surface area contributed by atoms with Crippen molar-refractivity contribution in [3.05, 3.63) is 35.9 Å². The molecule has 1 aliphatic rings. The summed E-state index contributed by atoms with van der Waals surface area (Å²) < 4.78 is 0. The monoisotopic (exact) mass is 231 g/mol. The molecule has 3 N–H and O–H groups in total. The van der Waals surface area contributed by atoms with Gasteiger partial charge in [0.05, 0.1) is 0 Å². The fraction of sp³-hybridized carbons (Fsp3) is 0.333. The van der Waals surface area contributed by atoms with Crippen molar-refractivity contribution in [3.63, 3.8) is 0 Å². The molecular formula is C12H17N5. The Hall–Kier alpha value is -2.04. The first-order valence-corrected chi connectivity index (χ1v) is 5.58. The lowest BCUT2D eigenvalue weighted by Gasteiger charge is -2.25. The molecule has 17 heavy (non-hydrogen) atoms. The maximum absolute atomic E-state index is 5.68. The second-order valence-corrected chi connectivity index (χ2v) is 4.07. The molecule has 1 unspecified atom stereocenters. The number of nitrogens with two attached hydrogens (primary N) is 1. The highest BCUT2D eigenvalue weighted by atomic mass is 15.4. The van der Waals surface area contributed by atoms with Crippen LogP contribution in [0.4, 0.5) is 0 Å². The third-order valence-corrected chi connectivity index (χ3v) is 2.50. The third-order valence-electron chi connectivity index (χ3n) is 2.50. The number of nitrogens with one attached hydrogen (secondary N) is 1. The van der Waals surface area contributed by atoms with Gasteiger partial charge in [0, 0.05) is 13.6 Å². The fourth-order valence-corrected chi connectivity index (χ4v) is 1.71. The fourth-order valence-electron chi connectivity index (χ4n) is 1.71. The predicted molar refractivity (Wildman–Crippen MR) is 69.6 cm³/mol. The molecule has 1 aromatic rings. The van der Waals surface area contributed by atoms with Crippen LogP contribution < -0.4 is 11.1 Å². The van der Waals surface area contributed by atoms with Crippen LogP contribution >= 0.6 is 0 Å². The minimum atomic E-state index is -0.121. The Morgan fingerprint density at radius 3 is 2.65 bits per heavy atom. The number of nitrogens with zero attached hydrogens (tertiary/aromatic N) is 3. The molecule has 5 heteroatoms. The van der Waals surface area contributed by atoms with E-state index in [0.29, 0.717) is 5.96 Å². The minimum Gasteiger partial charge on any atom is -0.370 e. The van der Waals surface area contributed by atoms with Crippen molar-refractivity contribution >= 4 is 11.9 Å². The lowest BCUT2D eigenvalue weighted by molar-refractivity contribution is 0.478. The van der Waals surface area contributed by atoms with E-state index in [-0.39, 0.29) is 6.17 Å². The van der Waals surface area contributed by atoms with Gasteiger partial charge in [0.15, 0.2) is 5.96 Å². The van der Waals surface area contributed by atoms with Gasteiger partial charge in [-0.05, 0) is 12.5 Å². The molecule has 0 aliphatic carbocycles. The normalized spacial score (nSPS) is 19.1. The zero-order chi connectivity index (χ0) is 12.3. The topological polar surface area (TPSA) is 66.0 Å². The molecule has 0 spiro atoms. The summed E-state index contributed by atoms with van der Waals surface area (Å²) in [5.41, 5.74) is 6.91. The minimum absolute atomic E-state index is 0.121. The average molecular weight is 231 g/mol. The maximum atomic E-state index is 5.68. The highest BCUT2D eigenvalue weighted by molar-refractivity contribution is 5.99. The number of guanidine groups is 2. The van der Waals surface area contributed by atoms with Crippen molar-refractivity contribution in [1.29, 1.82) is 0 Å². The van der Waals surface area contributed by atoms with E-state index in [2.05, 4.69) is 27.4 Å². The summed E-state index contributed by atoms with van der Waals surface area (Å²) in [6, 6.07) is 10.2. The van der Waals surface area contributed by atoms with Crippen LogP contribution in [0, 0.1) is 0 Å². The van der Waals surface area contributed by atoms with Crippen molar-refractivity contribution < 1.29 is 0 Å². The first-order valence-electron chi connectivity index (χ1n) is 5.58. The second kappa shape index (κ2) is 4.86. The Balaban J connectivity index is 2.04. The SMILES string of the molecule is CC1N=C(N)NC(N(C)Cc2ccccc2)=N1. The van der Waals surface area contributed by atoms with E-state index in [0.717, 1.165) is 12.5 Å². The molecule has 0 aromatic heterocycles. The molecule has 1 aromatic carbocycles. The molecule has 1 heterocycles. The molecule has 0 saturated heterocycles. The Kier molecular flexibility index (Phi) is 3.27. The van der Waals surface area contributed by atoms with Gasteiger partial charge in [-0.2, -0.15) is 0 Å². The van der Waals surface area contributed by atoms with Gasteiger partial charge in [-0.3, -0.25) is 5.32 Å². The summed E-state index contributed by atoms with van der Waals surface area (Å²) in [5.74, 6) is 1.18. The van der Waals surface area contributed by atoms with Gasteiger partial charge in [-0.15, -0.1) is 0 Å². The van der Waals surface area contributed by atoms with Gasteiger partial charge in [0.25, 0.3) is 0 Å². The van der Waals surface area contributed by atoms with Gasteiger partial charge < -0.3 is 10.6 Å². The van der Waals surface area contributed by atoms with Crippen LogP contribution in [-0.2, 0) is 6.54 Å². The molecule has 0 radical (unpaired) electrons. The molecule has 90 valence electrons. The largest absolute Gasteiger partial charge is 0.370 e. The van der Waals surface area contributed by atoms with Crippen molar-refractivity contribution in [3.8, 4) is 0 Å². The van der Waals surface area contributed by atoms with Crippen LogP contribution in [0.1, 0.15) is 12.5 Å². The summed E-state index contributed by atoms with van der Waals surface area (Å²) in [4.78, 5) is 10.5. The first kappa shape index (κ1) is 11.4. The van der Waals surface area contributed by atoms with E-state index in [1.807, 2.05) is 37.1 Å². The van der Waals surface area contributed by atoms with Gasteiger partial charge in [-0.25, -0.2) is 9.98 Å². The molecule has 2 rings (SSSR count). The van der Waals surface area contributed by atoms with Crippen LogP contribution in [0.5, 0.6) is 0 Å². The molecule has 0 bridgehead atoms. The summed E-state index contributed by atoms with van der Waals surface area (Å²) in [5, 5.41) is 2.97. The van der Waals surface area contributed by atoms with Crippen molar-refractivity contribution in [2.45, 2.75) is 19.6 Å². The number of aliphatic imine (C=N–C) groups is 2. The molecule has 1 atom stereocenters. The van der Waals surface area contributed by atoms with E-state index in [9.17, 15) is 0 Å². The van der Waals surface area contributed by atoms with Crippen LogP contribution in [0.2, 0.25) is 0 Å². The smallest absolute Gasteiger partial charge is 0.202 e. The Bertz CT molecular complexity index is 437. The summed E-state index contributed by atoms with van der Waals surface area (Å²) in [7, 11) is 1.98.